The molecule has 1 aromatic heterocycles. The van der Waals surface area contributed by atoms with E-state index in [0.29, 0.717) is 85.8 Å². The summed E-state index contributed by atoms with van der Waals surface area (Å²) in [5.41, 5.74) is 8.01. The number of hydrogen-bond acceptors (Lipinski definition) is 16. The number of imide groups is 1. The van der Waals surface area contributed by atoms with Crippen molar-refractivity contribution < 1.29 is 47.4 Å². The number of piperidine rings is 1. The van der Waals surface area contributed by atoms with Crippen LogP contribution in [0.15, 0.2) is 66.0 Å². The zero-order valence-corrected chi connectivity index (χ0v) is 45.2. The number of fused-ring (bicyclic) bond motifs is 2. The van der Waals surface area contributed by atoms with Crippen LogP contribution in [0, 0.1) is 11.7 Å². The quantitative estimate of drug-likeness (QED) is 0.0480. The third-order valence-electron chi connectivity index (χ3n) is 14.9. The van der Waals surface area contributed by atoms with Crippen LogP contribution in [0.4, 0.5) is 20.6 Å². The van der Waals surface area contributed by atoms with Gasteiger partial charge in [0, 0.05) is 106 Å². The molecule has 9 rings (SSSR count). The standard InChI is InChI=1S/C52H65B2FN10O9S2/c1-51(2,30-42(66)60-59-40-16-19-61(3)41-29-37(10-11-38(40)41)72-26-5-7-46(70)73-65-44(68)12-13-45(65)69)76-75-27-17-43(67)63-24-22-62(23-25-63)36-14-20-64(21-15-36)50(71)57-32-33-8-9-35(28-39(33)55)58-49-48-47(52(48,53)74-54-49)34-6-4-18-56-31-34/h4,6,8-11,18,28-29,31,36,47-48,58H,5,7,12-17,19-27,30,32,53H2,1-3H3,(H,57,71)(H,60,66)/b59-40+. The molecule has 1 aliphatic carbocycles. The van der Waals surface area contributed by atoms with E-state index >= 15 is 4.39 Å². The van der Waals surface area contributed by atoms with Crippen LogP contribution in [0.1, 0.15) is 94.2 Å². The average molecular weight is 1080 g/mol. The number of anilines is 2. The zero-order chi connectivity index (χ0) is 53.6. The minimum absolute atomic E-state index is 0.0172. The van der Waals surface area contributed by atoms with Gasteiger partial charge in [-0.2, -0.15) is 5.10 Å². The van der Waals surface area contributed by atoms with E-state index < -0.39 is 28.3 Å². The molecule has 3 aromatic rings. The number of aromatic nitrogens is 1. The topological polar surface area (TPSA) is 208 Å². The van der Waals surface area contributed by atoms with Crippen molar-refractivity contribution in [2.45, 2.75) is 100 Å². The zero-order valence-electron chi connectivity index (χ0n) is 43.5. The number of piperazine rings is 1. The van der Waals surface area contributed by atoms with Crippen LogP contribution < -0.4 is 25.7 Å². The van der Waals surface area contributed by atoms with Crippen molar-refractivity contribution >= 4 is 94.9 Å². The fourth-order valence-corrected chi connectivity index (χ4v) is 13.1. The molecule has 76 heavy (non-hydrogen) atoms. The van der Waals surface area contributed by atoms with Gasteiger partial charge in [-0.1, -0.05) is 21.6 Å². The summed E-state index contributed by atoms with van der Waals surface area (Å²) in [6, 6.07) is 14.7. The summed E-state index contributed by atoms with van der Waals surface area (Å²) in [6.45, 7) is 9.11. The Morgan fingerprint density at radius 3 is 2.47 bits per heavy atom. The van der Waals surface area contributed by atoms with Gasteiger partial charge in [0.05, 0.1) is 18.7 Å². The van der Waals surface area contributed by atoms with Gasteiger partial charge in [-0.25, -0.2) is 10.2 Å². The summed E-state index contributed by atoms with van der Waals surface area (Å²) < 4.78 is 26.8. The van der Waals surface area contributed by atoms with Crippen molar-refractivity contribution in [1.29, 1.82) is 0 Å². The molecule has 6 amide bonds. The van der Waals surface area contributed by atoms with E-state index in [1.165, 1.54) is 6.07 Å². The predicted octanol–water partition coefficient (Wildman–Crippen LogP) is 4.04. The van der Waals surface area contributed by atoms with Crippen LogP contribution in [0.2, 0.25) is 0 Å². The molecular formula is C52H65B2FN10O9S2. The first-order chi connectivity index (χ1) is 36.5. The number of nitrogens with zero attached hydrogens (tertiary/aromatic N) is 7. The SMILES string of the molecule is BC12OB=C(Nc3ccc(CNC(=O)N4CCC(N5CCN(C(=O)CCSSC(C)(C)CC(=O)N/N=C6\CCN(C)c7cc(OCCCC(=O)ON8C(=O)CCC8=O)ccc76)CC5)CC4)c(F)c3)C1C2c1cccnc1. The van der Waals surface area contributed by atoms with Crippen molar-refractivity contribution in [3.05, 3.63) is 83.4 Å². The number of carbonyl (C=O) groups is 6. The normalized spacial score (nSPS) is 22.1. The Hall–Kier alpha value is -6.13. The number of hydrogen-bond donors (Lipinski definition) is 3. The van der Waals surface area contributed by atoms with Gasteiger partial charge in [0.2, 0.25) is 11.8 Å². The fourth-order valence-electron chi connectivity index (χ4n) is 10.7. The first-order valence-corrected chi connectivity index (χ1v) is 28.5. The van der Waals surface area contributed by atoms with Gasteiger partial charge < -0.3 is 19.4 Å². The van der Waals surface area contributed by atoms with Crippen LogP contribution in [0.5, 0.6) is 5.75 Å². The molecule has 6 heterocycles. The van der Waals surface area contributed by atoms with Gasteiger partial charge in [0.25, 0.3) is 11.8 Å². The maximum absolute atomic E-state index is 15.3. The van der Waals surface area contributed by atoms with E-state index in [0.717, 1.165) is 54.0 Å². The van der Waals surface area contributed by atoms with Crippen molar-refractivity contribution in [2.75, 3.05) is 75.4 Å². The number of benzene rings is 2. The Morgan fingerprint density at radius 1 is 0.961 bits per heavy atom. The number of amides is 6. The van der Waals surface area contributed by atoms with Crippen LogP contribution in [0.25, 0.3) is 0 Å². The first-order valence-electron chi connectivity index (χ1n) is 26.1. The molecule has 19 nitrogen and oxygen atoms in total. The molecule has 4 fully saturated rings. The summed E-state index contributed by atoms with van der Waals surface area (Å²) in [5, 5.41) is 11.3. The fraction of sp³-hybridized carbons (Fsp3) is 0.519. The number of ether oxygens (including phenoxy) is 1. The Balaban J connectivity index is 0.624. The number of rotatable bonds is 20. The Kier molecular flexibility index (Phi) is 17.3. The second-order valence-corrected chi connectivity index (χ2v) is 24.0. The second kappa shape index (κ2) is 24.0. The Morgan fingerprint density at radius 2 is 1.74 bits per heavy atom. The molecule has 24 heteroatoms. The van der Waals surface area contributed by atoms with Crippen molar-refractivity contribution in [3.63, 3.8) is 0 Å². The molecule has 0 radical (unpaired) electrons. The van der Waals surface area contributed by atoms with E-state index in [-0.39, 0.29) is 74.0 Å². The molecule has 2 aromatic carbocycles. The molecule has 3 unspecified atom stereocenters. The first kappa shape index (κ1) is 54.7. The van der Waals surface area contributed by atoms with E-state index in [2.05, 4.69) is 49.9 Å². The van der Waals surface area contributed by atoms with Gasteiger partial charge >= 0.3 is 182 Å². The maximum atomic E-state index is 15.3. The number of carbonyl (C=O) groups excluding carboxylic acids is 6. The van der Waals surface area contributed by atoms with Gasteiger partial charge in [-0.05, 0) is 32.4 Å². The molecule has 3 saturated heterocycles. The van der Waals surface area contributed by atoms with Crippen molar-refractivity contribution in [1.82, 2.24) is 35.5 Å². The second-order valence-electron chi connectivity index (χ2n) is 20.9. The van der Waals surface area contributed by atoms with Crippen molar-refractivity contribution in [3.8, 4) is 5.75 Å². The third-order valence-corrected chi connectivity index (χ3v) is 18.2. The molecule has 6 aliphatic rings. The molecule has 0 spiro atoms. The monoisotopic (exact) mass is 1080 g/mol. The number of urea groups is 1. The van der Waals surface area contributed by atoms with Crippen LogP contribution >= 0.6 is 21.6 Å². The van der Waals surface area contributed by atoms with E-state index in [1.54, 1.807) is 45.9 Å². The van der Waals surface area contributed by atoms with Crippen LogP contribution in [0.3, 0.4) is 0 Å². The summed E-state index contributed by atoms with van der Waals surface area (Å²) in [7, 11) is 8.96. The number of hydrazone groups is 1. The van der Waals surface area contributed by atoms with Crippen LogP contribution in [-0.2, 0) is 40.0 Å². The summed E-state index contributed by atoms with van der Waals surface area (Å²) >= 11 is 0. The summed E-state index contributed by atoms with van der Waals surface area (Å²) in [6.07, 6.45) is 6.96. The van der Waals surface area contributed by atoms with E-state index in [4.69, 9.17) is 14.2 Å². The van der Waals surface area contributed by atoms with Gasteiger partial charge in [-0.15, -0.1) is 5.06 Å². The summed E-state index contributed by atoms with van der Waals surface area (Å²) in [5.74, 6) is -0.632. The Labute approximate surface area is 451 Å². The molecule has 5 aliphatic heterocycles. The molecule has 1 saturated carbocycles. The molecular weight excluding hydrogens is 1010 g/mol. The number of likely N-dealkylation sites (tertiary alicyclic amines) is 1. The van der Waals surface area contributed by atoms with Crippen molar-refractivity contribution in [2.24, 2.45) is 11.0 Å². The van der Waals surface area contributed by atoms with E-state index in [9.17, 15) is 28.8 Å². The van der Waals surface area contributed by atoms with Gasteiger partial charge in [0.1, 0.15) is 5.75 Å². The van der Waals surface area contributed by atoms with E-state index in [1.807, 2.05) is 62.3 Å². The van der Waals surface area contributed by atoms with Gasteiger partial charge in [-0.3, -0.25) is 24.1 Å². The number of halogens is 1. The molecule has 402 valence electrons. The summed E-state index contributed by atoms with van der Waals surface area (Å²) in [4.78, 5) is 92.5. The number of nitrogens with one attached hydrogen (secondary N) is 3. The number of pyridine rings is 1. The Bertz CT molecular complexity index is 2730. The van der Waals surface area contributed by atoms with Crippen LogP contribution in [-0.4, -0.2) is 168 Å². The predicted molar refractivity (Wildman–Crippen MR) is 293 cm³/mol. The number of hydroxylamine groups is 2. The minimum atomic E-state index is -0.673. The third kappa shape index (κ3) is 13.2. The van der Waals surface area contributed by atoms with Gasteiger partial charge in [0.15, 0.2) is 0 Å². The molecule has 0 bridgehead atoms. The molecule has 3 atom stereocenters. The molecule has 3 N–H and O–H groups in total. The average Bonchev–Trinajstić information content (AvgIpc) is 3.93.